The van der Waals surface area contributed by atoms with Crippen LogP contribution in [0.5, 0.6) is 0 Å². The molecule has 0 aliphatic carbocycles. The number of hydrogen-bond acceptors (Lipinski definition) is 6. The molecule has 0 bridgehead atoms. The summed E-state index contributed by atoms with van der Waals surface area (Å²) in [6, 6.07) is 0. The van der Waals surface area contributed by atoms with Gasteiger partial charge in [-0.1, -0.05) is 11.8 Å². The molecule has 2 rings (SSSR count). The molecule has 17 heavy (non-hydrogen) atoms. The van der Waals surface area contributed by atoms with Crippen molar-refractivity contribution in [1.29, 1.82) is 0 Å². The van der Waals surface area contributed by atoms with Crippen LogP contribution in [-0.4, -0.2) is 25.7 Å². The number of carbonyl (C=O) groups excluding carboxylic acids is 1. The molecule has 0 aliphatic heterocycles. The molecule has 1 amide bonds. The highest BCUT2D eigenvalue weighted by atomic mass is 32.2. The second-order valence-electron chi connectivity index (χ2n) is 3.28. The average molecular weight is 269 g/mol. The molecule has 2 heterocycles. The Kier molecular flexibility index (Phi) is 3.75. The van der Waals surface area contributed by atoms with Gasteiger partial charge in [-0.3, -0.25) is 4.79 Å². The predicted octanol–water partition coefficient (Wildman–Crippen LogP) is 1.52. The highest BCUT2D eigenvalue weighted by Crippen LogP contribution is 2.23. The lowest BCUT2D eigenvalue weighted by atomic mass is 10.6. The molecule has 0 fully saturated rings. The first kappa shape index (κ1) is 12.1. The van der Waals surface area contributed by atoms with Crippen LogP contribution in [0.25, 0.3) is 0 Å². The topological polar surface area (TPSA) is 72.7 Å². The summed E-state index contributed by atoms with van der Waals surface area (Å²) in [4.78, 5) is 19.2. The van der Waals surface area contributed by atoms with Gasteiger partial charge in [0.2, 0.25) is 5.91 Å². The Morgan fingerprint density at radius 3 is 3.12 bits per heavy atom. The first-order chi connectivity index (χ1) is 8.15. The van der Waals surface area contributed by atoms with Crippen LogP contribution in [0.3, 0.4) is 0 Å². The SMILES string of the molecule is CC(=O)Nc1nc(CSc2ncnn2C)cs1. The van der Waals surface area contributed by atoms with Crippen LogP contribution in [0.2, 0.25) is 0 Å². The summed E-state index contributed by atoms with van der Waals surface area (Å²) < 4.78 is 1.71. The van der Waals surface area contributed by atoms with Crippen LogP contribution in [0.4, 0.5) is 5.13 Å². The maximum Gasteiger partial charge on any atom is 0.223 e. The molecular formula is C9H11N5OS2. The standard InChI is InChI=1S/C9H11N5OS2/c1-6(15)12-8-13-7(3-16-8)4-17-9-10-5-11-14(9)2/h3,5H,4H2,1-2H3,(H,12,13,15). The Morgan fingerprint density at radius 1 is 1.65 bits per heavy atom. The van der Waals surface area contributed by atoms with E-state index in [1.54, 1.807) is 16.4 Å². The van der Waals surface area contributed by atoms with E-state index in [0.29, 0.717) is 10.9 Å². The number of rotatable bonds is 4. The smallest absolute Gasteiger partial charge is 0.223 e. The maximum atomic E-state index is 10.8. The number of thioether (sulfide) groups is 1. The number of carbonyl (C=O) groups is 1. The van der Waals surface area contributed by atoms with E-state index in [0.717, 1.165) is 10.9 Å². The van der Waals surface area contributed by atoms with Gasteiger partial charge in [0.25, 0.3) is 0 Å². The molecule has 0 atom stereocenters. The minimum atomic E-state index is -0.105. The van der Waals surface area contributed by atoms with Crippen molar-refractivity contribution < 1.29 is 4.79 Å². The number of nitrogens with zero attached hydrogens (tertiary/aromatic N) is 4. The predicted molar refractivity (Wildman–Crippen MR) is 67.0 cm³/mol. The minimum Gasteiger partial charge on any atom is -0.302 e. The molecule has 0 radical (unpaired) electrons. The van der Waals surface area contributed by atoms with Crippen molar-refractivity contribution in [2.75, 3.05) is 5.32 Å². The van der Waals surface area contributed by atoms with Crippen LogP contribution < -0.4 is 5.32 Å². The molecule has 0 spiro atoms. The number of amides is 1. The molecule has 0 saturated carbocycles. The minimum absolute atomic E-state index is 0.105. The molecule has 2 aromatic rings. The van der Waals surface area contributed by atoms with E-state index in [4.69, 9.17) is 0 Å². The van der Waals surface area contributed by atoms with Gasteiger partial charge in [0.15, 0.2) is 10.3 Å². The Morgan fingerprint density at radius 2 is 2.47 bits per heavy atom. The lowest BCUT2D eigenvalue weighted by Gasteiger charge is -1.97. The molecular weight excluding hydrogens is 258 g/mol. The van der Waals surface area contributed by atoms with Gasteiger partial charge < -0.3 is 5.32 Å². The fourth-order valence-electron chi connectivity index (χ4n) is 1.14. The van der Waals surface area contributed by atoms with E-state index < -0.39 is 0 Å². The van der Waals surface area contributed by atoms with Crippen molar-refractivity contribution in [1.82, 2.24) is 19.7 Å². The van der Waals surface area contributed by atoms with E-state index in [-0.39, 0.29) is 5.91 Å². The molecule has 90 valence electrons. The molecule has 0 aromatic carbocycles. The fourth-order valence-corrected chi connectivity index (χ4v) is 2.78. The van der Waals surface area contributed by atoms with Gasteiger partial charge in [0, 0.05) is 25.1 Å². The lowest BCUT2D eigenvalue weighted by Crippen LogP contribution is -2.05. The van der Waals surface area contributed by atoms with Gasteiger partial charge in [0.05, 0.1) is 5.69 Å². The van der Waals surface area contributed by atoms with Crippen molar-refractivity contribution in [3.05, 3.63) is 17.4 Å². The van der Waals surface area contributed by atoms with Crippen molar-refractivity contribution >= 4 is 34.1 Å². The number of aromatic nitrogens is 4. The van der Waals surface area contributed by atoms with Gasteiger partial charge in [-0.05, 0) is 0 Å². The maximum absolute atomic E-state index is 10.8. The largest absolute Gasteiger partial charge is 0.302 e. The van der Waals surface area contributed by atoms with Crippen molar-refractivity contribution in [2.24, 2.45) is 7.05 Å². The van der Waals surface area contributed by atoms with Crippen LogP contribution in [0.1, 0.15) is 12.6 Å². The molecule has 0 aliphatic rings. The summed E-state index contributed by atoms with van der Waals surface area (Å²) in [7, 11) is 1.85. The number of thiazole rings is 1. The van der Waals surface area contributed by atoms with Crippen molar-refractivity contribution in [2.45, 2.75) is 17.8 Å². The van der Waals surface area contributed by atoms with Crippen LogP contribution in [-0.2, 0) is 17.6 Å². The number of nitrogens with one attached hydrogen (secondary N) is 1. The zero-order valence-electron chi connectivity index (χ0n) is 9.38. The fraction of sp³-hybridized carbons (Fsp3) is 0.333. The van der Waals surface area contributed by atoms with Gasteiger partial charge >= 0.3 is 0 Å². The van der Waals surface area contributed by atoms with Crippen LogP contribution in [0, 0.1) is 0 Å². The zero-order chi connectivity index (χ0) is 12.3. The van der Waals surface area contributed by atoms with E-state index in [1.807, 2.05) is 12.4 Å². The number of aryl methyl sites for hydroxylation is 1. The summed E-state index contributed by atoms with van der Waals surface area (Å²) in [5.41, 5.74) is 0.923. The summed E-state index contributed by atoms with van der Waals surface area (Å²) in [6.07, 6.45) is 1.52. The summed E-state index contributed by atoms with van der Waals surface area (Å²) >= 11 is 2.98. The Hall–Kier alpha value is -1.41. The molecule has 0 unspecified atom stereocenters. The number of anilines is 1. The van der Waals surface area contributed by atoms with E-state index in [1.165, 1.54) is 24.6 Å². The first-order valence-corrected chi connectivity index (χ1v) is 6.70. The van der Waals surface area contributed by atoms with Gasteiger partial charge in [-0.2, -0.15) is 5.10 Å². The molecule has 6 nitrogen and oxygen atoms in total. The molecule has 0 saturated heterocycles. The lowest BCUT2D eigenvalue weighted by molar-refractivity contribution is -0.114. The average Bonchev–Trinajstić information content (AvgIpc) is 2.84. The zero-order valence-corrected chi connectivity index (χ0v) is 11.0. The second-order valence-corrected chi connectivity index (χ2v) is 5.08. The summed E-state index contributed by atoms with van der Waals surface area (Å²) in [5, 5.41) is 10.0. The van der Waals surface area contributed by atoms with E-state index in [9.17, 15) is 4.79 Å². The summed E-state index contributed by atoms with van der Waals surface area (Å²) in [5.74, 6) is 0.606. The molecule has 8 heteroatoms. The highest BCUT2D eigenvalue weighted by Gasteiger charge is 2.06. The van der Waals surface area contributed by atoms with Crippen molar-refractivity contribution in [3.63, 3.8) is 0 Å². The van der Waals surface area contributed by atoms with Gasteiger partial charge in [0.1, 0.15) is 6.33 Å². The van der Waals surface area contributed by atoms with Crippen molar-refractivity contribution in [3.8, 4) is 0 Å². The molecule has 2 aromatic heterocycles. The monoisotopic (exact) mass is 269 g/mol. The third-order valence-electron chi connectivity index (χ3n) is 1.85. The normalized spacial score (nSPS) is 10.5. The van der Waals surface area contributed by atoms with Crippen LogP contribution >= 0.6 is 23.1 Å². The van der Waals surface area contributed by atoms with Crippen LogP contribution in [0.15, 0.2) is 16.9 Å². The van der Waals surface area contributed by atoms with E-state index in [2.05, 4.69) is 20.4 Å². The van der Waals surface area contributed by atoms with E-state index >= 15 is 0 Å². The highest BCUT2D eigenvalue weighted by molar-refractivity contribution is 7.98. The third-order valence-corrected chi connectivity index (χ3v) is 3.73. The summed E-state index contributed by atoms with van der Waals surface area (Å²) in [6.45, 7) is 1.47. The molecule has 1 N–H and O–H groups in total. The first-order valence-electron chi connectivity index (χ1n) is 4.84. The quantitative estimate of drug-likeness (QED) is 0.852. The number of hydrogen-bond donors (Lipinski definition) is 1. The Bertz CT molecular complexity index is 521. The van der Waals surface area contributed by atoms with Gasteiger partial charge in [-0.15, -0.1) is 11.3 Å². The third kappa shape index (κ3) is 3.27. The van der Waals surface area contributed by atoms with Gasteiger partial charge in [-0.25, -0.2) is 14.6 Å². The second kappa shape index (κ2) is 5.28. The Balaban J connectivity index is 1.93. The Labute approximate surface area is 106 Å².